The molecule has 8 heteroatoms. The van der Waals surface area contributed by atoms with Crippen LogP contribution < -0.4 is 5.43 Å². The molecule has 1 aromatic carbocycles. The lowest BCUT2D eigenvalue weighted by molar-refractivity contribution is -0.393. The Hall–Kier alpha value is -3.03. The highest BCUT2D eigenvalue weighted by atomic mass is 16.6. The van der Waals surface area contributed by atoms with E-state index in [-0.39, 0.29) is 22.5 Å². The van der Waals surface area contributed by atoms with Crippen LogP contribution in [0.2, 0.25) is 0 Å². The first-order chi connectivity index (χ1) is 19.4. The van der Waals surface area contributed by atoms with Gasteiger partial charge in [0, 0.05) is 6.07 Å². The summed E-state index contributed by atoms with van der Waals surface area (Å²) < 4.78 is 0. The number of fused-ring (bicyclic) bond motifs is 5. The number of anilines is 1. The zero-order chi connectivity index (χ0) is 29.5. The van der Waals surface area contributed by atoms with Gasteiger partial charge in [-0.15, -0.1) is 0 Å². The Morgan fingerprint density at radius 1 is 1.02 bits per heavy atom. The second-order valence-electron chi connectivity index (χ2n) is 14.1. The van der Waals surface area contributed by atoms with Gasteiger partial charge >= 0.3 is 5.69 Å². The number of nitrogens with zero attached hydrogens (tertiary/aromatic N) is 3. The van der Waals surface area contributed by atoms with Crippen LogP contribution in [0, 0.1) is 66.6 Å². The Balaban J connectivity index is 1.32. The van der Waals surface area contributed by atoms with Gasteiger partial charge in [0.15, 0.2) is 0 Å². The number of nitrogens with one attached hydrogen (secondary N) is 1. The predicted octanol–water partition coefficient (Wildman–Crippen LogP) is 9.09. The molecule has 0 unspecified atom stereocenters. The average Bonchev–Trinajstić information content (AvgIpc) is 3.28. The smallest absolute Gasteiger partial charge is 0.271 e. The summed E-state index contributed by atoms with van der Waals surface area (Å²) in [7, 11) is 0. The lowest BCUT2D eigenvalue weighted by Crippen LogP contribution is -2.49. The van der Waals surface area contributed by atoms with Crippen molar-refractivity contribution in [1.82, 2.24) is 0 Å². The van der Waals surface area contributed by atoms with Gasteiger partial charge in [-0.25, -0.2) is 0 Å². The molecule has 1 N–H and O–H groups in total. The lowest BCUT2D eigenvalue weighted by Gasteiger charge is -2.56. The first-order valence-corrected chi connectivity index (χ1v) is 15.6. The molecule has 8 nitrogen and oxygen atoms in total. The van der Waals surface area contributed by atoms with Gasteiger partial charge < -0.3 is 0 Å². The normalized spacial score (nSPS) is 34.0. The van der Waals surface area contributed by atoms with Crippen molar-refractivity contribution < 1.29 is 9.85 Å². The van der Waals surface area contributed by atoms with Crippen LogP contribution in [0.3, 0.4) is 0 Å². The minimum absolute atomic E-state index is 0.111. The molecule has 0 amide bonds. The van der Waals surface area contributed by atoms with Crippen LogP contribution >= 0.6 is 0 Å². The molecule has 7 atom stereocenters. The van der Waals surface area contributed by atoms with E-state index < -0.39 is 9.85 Å². The van der Waals surface area contributed by atoms with E-state index in [1.54, 1.807) is 0 Å². The topological polar surface area (TPSA) is 111 Å². The summed E-state index contributed by atoms with van der Waals surface area (Å²) in [6, 6.07) is 3.58. The van der Waals surface area contributed by atoms with Crippen LogP contribution in [0.5, 0.6) is 0 Å². The minimum Gasteiger partial charge on any atom is -0.271 e. The van der Waals surface area contributed by atoms with Gasteiger partial charge in [0.2, 0.25) is 0 Å². The highest BCUT2D eigenvalue weighted by Crippen LogP contribution is 2.66. The van der Waals surface area contributed by atoms with Crippen LogP contribution in [0.1, 0.15) is 92.4 Å². The zero-order valence-corrected chi connectivity index (χ0v) is 25.3. The molecule has 0 spiro atoms. The molecule has 41 heavy (non-hydrogen) atoms. The van der Waals surface area contributed by atoms with E-state index >= 15 is 0 Å². The SMILES string of the molecule is CC(C)CCC[C@@H](C)[C@H]1CC[C@H]2[C@@H]3C=CC4=C/C(=N/Nc5ccc([N+](=O)[O-])cc5[N+](=O)[O-])CC[C@]4(C)[C@H]3CC[C@]12C. The molecule has 5 rings (SSSR count). The van der Waals surface area contributed by atoms with E-state index in [1.807, 2.05) is 0 Å². The monoisotopic (exact) mass is 562 g/mol. The molecule has 222 valence electrons. The predicted molar refractivity (Wildman–Crippen MR) is 164 cm³/mol. The molecule has 0 aliphatic heterocycles. The maximum absolute atomic E-state index is 11.5. The molecule has 0 aromatic heterocycles. The summed E-state index contributed by atoms with van der Waals surface area (Å²) in [5.74, 6) is 4.44. The molecule has 2 fully saturated rings. The molecule has 1 aromatic rings. The molecule has 4 aliphatic rings. The first kappa shape index (κ1) is 29.5. The number of hydrogen-bond acceptors (Lipinski definition) is 6. The highest BCUT2D eigenvalue weighted by molar-refractivity contribution is 5.97. The van der Waals surface area contributed by atoms with Crippen LogP contribution in [0.25, 0.3) is 0 Å². The fourth-order valence-corrected chi connectivity index (χ4v) is 9.13. The van der Waals surface area contributed by atoms with Crippen molar-refractivity contribution in [1.29, 1.82) is 0 Å². The van der Waals surface area contributed by atoms with Gasteiger partial charge in [-0.2, -0.15) is 5.10 Å². The number of allylic oxidation sites excluding steroid dienone is 4. The van der Waals surface area contributed by atoms with Gasteiger partial charge in [0.1, 0.15) is 5.69 Å². The molecule has 0 bridgehead atoms. The third kappa shape index (κ3) is 5.46. The number of hydrazone groups is 1. The Kier molecular flexibility index (Phi) is 8.14. The quantitative estimate of drug-likeness (QED) is 0.238. The van der Waals surface area contributed by atoms with E-state index in [9.17, 15) is 20.2 Å². The van der Waals surface area contributed by atoms with Gasteiger partial charge in [-0.3, -0.25) is 25.7 Å². The largest absolute Gasteiger partial charge is 0.301 e. The Morgan fingerprint density at radius 2 is 1.80 bits per heavy atom. The molecule has 2 saturated carbocycles. The number of benzene rings is 1. The minimum atomic E-state index is -0.633. The van der Waals surface area contributed by atoms with Crippen molar-refractivity contribution in [2.45, 2.75) is 92.4 Å². The fourth-order valence-electron chi connectivity index (χ4n) is 9.13. The number of rotatable bonds is 9. The van der Waals surface area contributed by atoms with Crippen molar-refractivity contribution in [2.75, 3.05) is 5.43 Å². The van der Waals surface area contributed by atoms with E-state index in [0.717, 1.165) is 48.3 Å². The third-order valence-corrected chi connectivity index (χ3v) is 11.4. The van der Waals surface area contributed by atoms with Crippen LogP contribution in [0.15, 0.2) is 47.1 Å². The maximum atomic E-state index is 11.5. The number of non-ortho nitro benzene ring substituents is 1. The van der Waals surface area contributed by atoms with Crippen molar-refractivity contribution >= 4 is 22.8 Å². The van der Waals surface area contributed by atoms with Crippen molar-refractivity contribution in [3.63, 3.8) is 0 Å². The van der Waals surface area contributed by atoms with Crippen molar-refractivity contribution in [3.8, 4) is 0 Å². The van der Waals surface area contributed by atoms with Crippen molar-refractivity contribution in [2.24, 2.45) is 51.4 Å². The maximum Gasteiger partial charge on any atom is 0.301 e. The van der Waals surface area contributed by atoms with E-state index in [2.05, 4.69) is 63.4 Å². The second kappa shape index (κ2) is 11.3. The summed E-state index contributed by atoms with van der Waals surface area (Å²) in [6.07, 6.45) is 18.2. The van der Waals surface area contributed by atoms with Crippen molar-refractivity contribution in [3.05, 3.63) is 62.2 Å². The number of nitro groups is 2. The summed E-state index contributed by atoms with van der Waals surface area (Å²) in [6.45, 7) is 12.2. The molecule has 0 radical (unpaired) electrons. The van der Waals surface area contributed by atoms with Gasteiger partial charge in [0.25, 0.3) is 5.69 Å². The Labute approximate surface area is 244 Å². The fraction of sp³-hybridized carbons (Fsp3) is 0.667. The first-order valence-electron chi connectivity index (χ1n) is 15.6. The Morgan fingerprint density at radius 3 is 2.51 bits per heavy atom. The molecule has 0 saturated heterocycles. The number of hydrogen-bond donors (Lipinski definition) is 1. The van der Waals surface area contributed by atoms with Crippen LogP contribution in [-0.4, -0.2) is 15.6 Å². The van der Waals surface area contributed by atoms with Gasteiger partial charge in [-0.1, -0.05) is 66.0 Å². The van der Waals surface area contributed by atoms with Crippen LogP contribution in [0.4, 0.5) is 17.1 Å². The average molecular weight is 563 g/mol. The number of nitro benzene ring substituents is 2. The molecule has 0 heterocycles. The van der Waals surface area contributed by atoms with Gasteiger partial charge in [-0.05, 0) is 103 Å². The zero-order valence-electron chi connectivity index (χ0n) is 25.3. The lowest BCUT2D eigenvalue weighted by atomic mass is 9.48. The standard InChI is InChI=1S/C33H46N4O4/c1-21(2)7-6-8-22(3)27-12-13-28-26-11-9-23-19-24(15-17-32(23,4)29(26)16-18-33(27,28)5)34-35-30-14-10-25(36(38)39)20-31(30)37(40)41/h9-11,14,19-22,26-29,35H,6-8,12-13,15-18H2,1-5H3/b34-24+/t22-,26+,27-,28+,29+,32+,33-/m1/s1. The molecular weight excluding hydrogens is 516 g/mol. The summed E-state index contributed by atoms with van der Waals surface area (Å²) in [4.78, 5) is 21.3. The van der Waals surface area contributed by atoms with Gasteiger partial charge in [0.05, 0.1) is 21.6 Å². The summed E-state index contributed by atoms with van der Waals surface area (Å²) in [5.41, 5.74) is 5.01. The Bertz CT molecular complexity index is 1290. The summed E-state index contributed by atoms with van der Waals surface area (Å²) >= 11 is 0. The highest BCUT2D eigenvalue weighted by Gasteiger charge is 2.58. The van der Waals surface area contributed by atoms with Crippen LogP contribution in [-0.2, 0) is 0 Å². The third-order valence-electron chi connectivity index (χ3n) is 11.4. The van der Waals surface area contributed by atoms with E-state index in [0.29, 0.717) is 17.3 Å². The second-order valence-corrected chi connectivity index (χ2v) is 14.1. The summed E-state index contributed by atoms with van der Waals surface area (Å²) in [5, 5.41) is 27.1. The van der Waals surface area contributed by atoms with E-state index in [4.69, 9.17) is 0 Å². The van der Waals surface area contributed by atoms with E-state index in [1.165, 1.54) is 62.7 Å². The molecule has 4 aliphatic carbocycles. The molecular formula is C33H46N4O4.